The first-order valence-corrected chi connectivity index (χ1v) is 12.6. The van der Waals surface area contributed by atoms with Gasteiger partial charge >= 0.3 is 5.97 Å². The SMILES string of the molecule is C[C@H]1COCCN1c1ccc(C(=O)Nc2scc(C3CCc4ccccc4C3)c2C(=O)O)cc1. The summed E-state index contributed by atoms with van der Waals surface area (Å²) >= 11 is 1.29. The molecular formula is C27H28N2O4S. The molecule has 6 nitrogen and oxygen atoms in total. The van der Waals surface area contributed by atoms with Crippen molar-refractivity contribution in [1.29, 1.82) is 0 Å². The van der Waals surface area contributed by atoms with Crippen LogP contribution in [0.5, 0.6) is 0 Å². The second-order valence-corrected chi connectivity index (χ2v) is 9.91. The number of thiophene rings is 1. The molecule has 5 rings (SSSR count). The number of nitrogens with zero attached hydrogens (tertiary/aromatic N) is 1. The molecule has 0 spiro atoms. The number of nitrogens with one attached hydrogen (secondary N) is 1. The quantitative estimate of drug-likeness (QED) is 0.529. The minimum Gasteiger partial charge on any atom is -0.478 e. The Balaban J connectivity index is 1.33. The molecule has 2 atom stereocenters. The molecule has 1 saturated heterocycles. The fourth-order valence-electron chi connectivity index (χ4n) is 5.04. The van der Waals surface area contributed by atoms with E-state index in [1.54, 1.807) is 12.1 Å². The monoisotopic (exact) mass is 476 g/mol. The maximum absolute atomic E-state index is 13.0. The summed E-state index contributed by atoms with van der Waals surface area (Å²) in [6, 6.07) is 16.1. The summed E-state index contributed by atoms with van der Waals surface area (Å²) in [5.74, 6) is -1.16. The number of ether oxygens (including phenoxy) is 1. The number of aryl methyl sites for hydroxylation is 1. The molecule has 2 aromatic carbocycles. The molecule has 1 amide bonds. The summed E-state index contributed by atoms with van der Waals surface area (Å²) in [5.41, 5.74) is 5.22. The predicted molar refractivity (Wildman–Crippen MR) is 135 cm³/mol. The molecule has 1 fully saturated rings. The standard InChI is InChI=1S/C27H28N2O4S/c1-17-15-33-13-12-29(17)22-10-8-19(9-11-22)25(30)28-26-24(27(31)32)23(16-34-26)21-7-6-18-4-2-3-5-20(18)14-21/h2-5,8-11,16-17,21H,6-7,12-15H2,1H3,(H,28,30)(H,31,32)/t17-,21?/m0/s1. The number of fused-ring (bicyclic) bond motifs is 1. The van der Waals surface area contributed by atoms with Crippen LogP contribution in [0.4, 0.5) is 10.7 Å². The van der Waals surface area contributed by atoms with E-state index in [1.165, 1.54) is 22.5 Å². The molecule has 7 heteroatoms. The van der Waals surface area contributed by atoms with Gasteiger partial charge in [0.2, 0.25) is 0 Å². The topological polar surface area (TPSA) is 78.9 Å². The molecule has 176 valence electrons. The van der Waals surface area contributed by atoms with E-state index in [9.17, 15) is 14.7 Å². The molecule has 0 bridgehead atoms. The fourth-order valence-corrected chi connectivity index (χ4v) is 6.07. The van der Waals surface area contributed by atoms with Gasteiger partial charge in [0.25, 0.3) is 5.91 Å². The van der Waals surface area contributed by atoms with Gasteiger partial charge in [-0.3, -0.25) is 4.79 Å². The lowest BCUT2D eigenvalue weighted by molar-refractivity contribution is 0.0696. The number of hydrogen-bond donors (Lipinski definition) is 2. The highest BCUT2D eigenvalue weighted by molar-refractivity contribution is 7.15. The first-order chi connectivity index (χ1) is 16.5. The smallest absolute Gasteiger partial charge is 0.339 e. The Labute approximate surface area is 203 Å². The number of carboxylic acids is 1. The van der Waals surface area contributed by atoms with Crippen LogP contribution in [-0.4, -0.2) is 42.8 Å². The van der Waals surface area contributed by atoms with Crippen molar-refractivity contribution in [1.82, 2.24) is 0 Å². The predicted octanol–water partition coefficient (Wildman–Crippen LogP) is 5.20. The van der Waals surface area contributed by atoms with Crippen LogP contribution in [0.25, 0.3) is 0 Å². The molecule has 2 aliphatic rings. The molecule has 1 aromatic heterocycles. The number of morpholine rings is 1. The lowest BCUT2D eigenvalue weighted by Crippen LogP contribution is -2.43. The summed E-state index contributed by atoms with van der Waals surface area (Å²) in [6.45, 7) is 4.32. The third kappa shape index (κ3) is 4.45. The van der Waals surface area contributed by atoms with Crippen LogP contribution in [0.15, 0.2) is 53.9 Å². The normalized spacial score (nSPS) is 20.0. The lowest BCUT2D eigenvalue weighted by atomic mass is 9.80. The van der Waals surface area contributed by atoms with Crippen LogP contribution in [0, 0.1) is 0 Å². The average molecular weight is 477 g/mol. The van der Waals surface area contributed by atoms with E-state index in [0.29, 0.717) is 23.8 Å². The van der Waals surface area contributed by atoms with Gasteiger partial charge in [-0.25, -0.2) is 4.79 Å². The Morgan fingerprint density at radius 1 is 1.12 bits per heavy atom. The van der Waals surface area contributed by atoms with Gasteiger partial charge in [-0.15, -0.1) is 11.3 Å². The Hall–Kier alpha value is -3.16. The summed E-state index contributed by atoms with van der Waals surface area (Å²) in [6.07, 6.45) is 2.66. The Morgan fingerprint density at radius 3 is 2.62 bits per heavy atom. The molecule has 0 saturated carbocycles. The number of amides is 1. The number of benzene rings is 2. The molecule has 2 N–H and O–H groups in total. The van der Waals surface area contributed by atoms with Crippen molar-refractivity contribution < 1.29 is 19.4 Å². The summed E-state index contributed by atoms with van der Waals surface area (Å²) in [4.78, 5) is 27.4. The number of rotatable bonds is 5. The van der Waals surface area contributed by atoms with Gasteiger partial charge in [-0.05, 0) is 78.4 Å². The lowest BCUT2D eigenvalue weighted by Gasteiger charge is -2.35. The van der Waals surface area contributed by atoms with Crippen LogP contribution >= 0.6 is 11.3 Å². The van der Waals surface area contributed by atoms with Gasteiger partial charge in [0.15, 0.2) is 0 Å². The highest BCUT2D eigenvalue weighted by Crippen LogP contribution is 2.40. The van der Waals surface area contributed by atoms with Crippen LogP contribution < -0.4 is 10.2 Å². The van der Waals surface area contributed by atoms with Crippen molar-refractivity contribution in [2.24, 2.45) is 0 Å². The first kappa shape index (κ1) is 22.6. The molecule has 2 heterocycles. The van der Waals surface area contributed by atoms with Gasteiger partial charge in [0, 0.05) is 23.8 Å². The largest absolute Gasteiger partial charge is 0.478 e. The van der Waals surface area contributed by atoms with Crippen molar-refractivity contribution in [3.8, 4) is 0 Å². The van der Waals surface area contributed by atoms with Crippen LogP contribution in [0.1, 0.15) is 56.7 Å². The first-order valence-electron chi connectivity index (χ1n) is 11.7. The van der Waals surface area contributed by atoms with E-state index in [4.69, 9.17) is 4.74 Å². The van der Waals surface area contributed by atoms with Gasteiger partial charge in [-0.1, -0.05) is 24.3 Å². The van der Waals surface area contributed by atoms with Gasteiger partial charge < -0.3 is 20.1 Å². The van der Waals surface area contributed by atoms with Crippen molar-refractivity contribution in [3.63, 3.8) is 0 Å². The number of carbonyl (C=O) groups is 2. The summed E-state index contributed by atoms with van der Waals surface area (Å²) < 4.78 is 5.50. The highest BCUT2D eigenvalue weighted by atomic mass is 32.1. The minimum absolute atomic E-state index is 0.137. The molecule has 1 aliphatic heterocycles. The average Bonchev–Trinajstić information content (AvgIpc) is 3.28. The summed E-state index contributed by atoms with van der Waals surface area (Å²) in [7, 11) is 0. The zero-order chi connectivity index (χ0) is 23.7. The zero-order valence-electron chi connectivity index (χ0n) is 19.1. The second-order valence-electron chi connectivity index (χ2n) is 9.03. The molecule has 1 aliphatic carbocycles. The van der Waals surface area contributed by atoms with Gasteiger partial charge in [-0.2, -0.15) is 0 Å². The van der Waals surface area contributed by atoms with Gasteiger partial charge in [0.1, 0.15) is 5.00 Å². The molecule has 34 heavy (non-hydrogen) atoms. The number of carboxylic acid groups (broad SMARTS) is 1. The number of aromatic carboxylic acids is 1. The van der Waals surface area contributed by atoms with E-state index in [2.05, 4.69) is 29.3 Å². The van der Waals surface area contributed by atoms with Crippen LogP contribution in [-0.2, 0) is 17.6 Å². The van der Waals surface area contributed by atoms with Crippen molar-refractivity contribution in [3.05, 3.63) is 81.7 Å². The Kier molecular flexibility index (Phi) is 6.39. The third-order valence-electron chi connectivity index (χ3n) is 6.88. The number of hydrogen-bond acceptors (Lipinski definition) is 5. The zero-order valence-corrected chi connectivity index (χ0v) is 19.9. The van der Waals surface area contributed by atoms with E-state index in [1.807, 2.05) is 29.6 Å². The maximum Gasteiger partial charge on any atom is 0.339 e. The van der Waals surface area contributed by atoms with E-state index >= 15 is 0 Å². The van der Waals surface area contributed by atoms with Crippen molar-refractivity contribution in [2.45, 2.75) is 38.1 Å². The summed E-state index contributed by atoms with van der Waals surface area (Å²) in [5, 5.41) is 15.2. The number of anilines is 2. The van der Waals surface area contributed by atoms with E-state index < -0.39 is 5.97 Å². The second kappa shape index (κ2) is 9.60. The minimum atomic E-state index is -0.998. The Bertz CT molecular complexity index is 1200. The molecular weight excluding hydrogens is 448 g/mol. The maximum atomic E-state index is 13.0. The van der Waals surface area contributed by atoms with E-state index in [0.717, 1.165) is 37.1 Å². The molecule has 0 radical (unpaired) electrons. The van der Waals surface area contributed by atoms with E-state index in [-0.39, 0.29) is 23.4 Å². The molecule has 3 aromatic rings. The third-order valence-corrected chi connectivity index (χ3v) is 7.79. The van der Waals surface area contributed by atoms with Gasteiger partial charge in [0.05, 0.1) is 18.8 Å². The molecule has 1 unspecified atom stereocenters. The van der Waals surface area contributed by atoms with Crippen molar-refractivity contribution >= 4 is 33.9 Å². The highest BCUT2D eigenvalue weighted by Gasteiger charge is 2.28. The van der Waals surface area contributed by atoms with Crippen molar-refractivity contribution in [2.75, 3.05) is 30.0 Å². The Morgan fingerprint density at radius 2 is 1.88 bits per heavy atom. The number of carbonyl (C=O) groups excluding carboxylic acids is 1. The van der Waals surface area contributed by atoms with Crippen LogP contribution in [0.3, 0.4) is 0 Å². The fraction of sp³-hybridized carbons (Fsp3) is 0.333. The van der Waals surface area contributed by atoms with Crippen LogP contribution in [0.2, 0.25) is 0 Å².